The molecule has 0 fully saturated rings. The smallest absolute Gasteiger partial charge is 0.137 e. The summed E-state index contributed by atoms with van der Waals surface area (Å²) in [5.41, 5.74) is 5.93. The van der Waals surface area contributed by atoms with E-state index in [0.717, 1.165) is 17.8 Å². The minimum atomic E-state index is 0.963. The molecule has 0 aliphatic rings. The van der Waals surface area contributed by atoms with Crippen molar-refractivity contribution in [3.05, 3.63) is 53.7 Å². The minimum Gasteiger partial charge on any atom is -0.339 e. The molecule has 3 rings (SSSR count). The molecule has 2 nitrogen and oxygen atoms in total. The molecule has 2 aromatic heterocycles. The van der Waals surface area contributed by atoms with E-state index in [9.17, 15) is 0 Å². The first-order valence-electron chi connectivity index (χ1n) is 6.31. The van der Waals surface area contributed by atoms with E-state index in [1.807, 2.05) is 12.3 Å². The summed E-state index contributed by atoms with van der Waals surface area (Å²) in [5.74, 6) is 0. The number of hydrogen-bond acceptors (Lipinski definition) is 1. The molecule has 0 radical (unpaired) electrons. The van der Waals surface area contributed by atoms with E-state index in [1.54, 1.807) is 0 Å². The molecular weight excluding hydrogens is 220 g/mol. The molecule has 0 aliphatic carbocycles. The van der Waals surface area contributed by atoms with Crippen molar-refractivity contribution in [2.24, 2.45) is 0 Å². The number of aryl methyl sites for hydroxylation is 2. The molecule has 3 aromatic rings. The third-order valence-electron chi connectivity index (χ3n) is 3.42. The van der Waals surface area contributed by atoms with Crippen LogP contribution < -0.4 is 0 Å². The molecular formula is C16H16N2. The summed E-state index contributed by atoms with van der Waals surface area (Å²) in [6.07, 6.45) is 2.92. The summed E-state index contributed by atoms with van der Waals surface area (Å²) in [6, 6.07) is 12.9. The number of rotatable bonds is 2. The third kappa shape index (κ3) is 1.80. The summed E-state index contributed by atoms with van der Waals surface area (Å²) < 4.78 is 0. The Hall–Kier alpha value is -2.09. The van der Waals surface area contributed by atoms with Crippen molar-refractivity contribution in [3.8, 4) is 11.3 Å². The van der Waals surface area contributed by atoms with Gasteiger partial charge in [-0.25, -0.2) is 4.98 Å². The Morgan fingerprint density at radius 3 is 2.56 bits per heavy atom. The Bertz CT molecular complexity index is 678. The summed E-state index contributed by atoms with van der Waals surface area (Å²) in [6.45, 7) is 4.28. The lowest BCUT2D eigenvalue weighted by atomic mass is 10.1. The van der Waals surface area contributed by atoms with Gasteiger partial charge < -0.3 is 4.98 Å². The van der Waals surface area contributed by atoms with Crippen LogP contribution in [0.4, 0.5) is 0 Å². The number of nitrogens with zero attached hydrogens (tertiary/aromatic N) is 1. The van der Waals surface area contributed by atoms with Crippen LogP contribution in [0.25, 0.3) is 22.3 Å². The van der Waals surface area contributed by atoms with Crippen molar-refractivity contribution in [3.63, 3.8) is 0 Å². The van der Waals surface area contributed by atoms with Gasteiger partial charge in [0.1, 0.15) is 5.65 Å². The van der Waals surface area contributed by atoms with Gasteiger partial charge >= 0.3 is 0 Å². The topological polar surface area (TPSA) is 28.7 Å². The molecule has 0 aliphatic heterocycles. The fraction of sp³-hybridized carbons (Fsp3) is 0.188. The van der Waals surface area contributed by atoms with Crippen molar-refractivity contribution in [2.45, 2.75) is 20.3 Å². The van der Waals surface area contributed by atoms with Gasteiger partial charge in [-0.3, -0.25) is 0 Å². The van der Waals surface area contributed by atoms with Crippen LogP contribution in [0.15, 0.2) is 42.6 Å². The van der Waals surface area contributed by atoms with Crippen molar-refractivity contribution in [1.29, 1.82) is 0 Å². The van der Waals surface area contributed by atoms with Crippen LogP contribution in [-0.2, 0) is 6.42 Å². The Morgan fingerprint density at radius 1 is 1.11 bits per heavy atom. The zero-order chi connectivity index (χ0) is 12.5. The van der Waals surface area contributed by atoms with E-state index >= 15 is 0 Å². The van der Waals surface area contributed by atoms with Crippen molar-refractivity contribution >= 4 is 11.0 Å². The van der Waals surface area contributed by atoms with E-state index in [4.69, 9.17) is 0 Å². The first-order chi connectivity index (χ1) is 8.78. The number of aromatic amines is 1. The van der Waals surface area contributed by atoms with Gasteiger partial charge in [0.2, 0.25) is 0 Å². The van der Waals surface area contributed by atoms with Gasteiger partial charge in [0.15, 0.2) is 0 Å². The Kier molecular flexibility index (Phi) is 2.63. The van der Waals surface area contributed by atoms with Crippen molar-refractivity contribution in [2.75, 3.05) is 0 Å². The third-order valence-corrected chi connectivity index (χ3v) is 3.42. The highest BCUT2D eigenvalue weighted by molar-refractivity contribution is 5.85. The lowest BCUT2D eigenvalue weighted by Gasteiger charge is -1.99. The number of fused-ring (bicyclic) bond motifs is 1. The van der Waals surface area contributed by atoms with Crippen LogP contribution in [0.2, 0.25) is 0 Å². The summed E-state index contributed by atoms with van der Waals surface area (Å²) in [5, 5.41) is 1.20. The molecule has 0 saturated heterocycles. The summed E-state index contributed by atoms with van der Waals surface area (Å²) in [4.78, 5) is 7.75. The van der Waals surface area contributed by atoms with Crippen molar-refractivity contribution in [1.82, 2.24) is 9.97 Å². The normalized spacial score (nSPS) is 11.0. The number of nitrogens with one attached hydrogen (secondary N) is 1. The Morgan fingerprint density at radius 2 is 1.89 bits per heavy atom. The highest BCUT2D eigenvalue weighted by Gasteiger charge is 2.05. The van der Waals surface area contributed by atoms with Crippen LogP contribution in [0.1, 0.15) is 18.1 Å². The zero-order valence-electron chi connectivity index (χ0n) is 10.7. The SMILES string of the molecule is CCc1ccc(-c2cc3c(C)ccnc3[nH]2)cc1. The number of hydrogen-bond donors (Lipinski definition) is 1. The van der Waals surface area contributed by atoms with E-state index in [-0.39, 0.29) is 0 Å². The Balaban J connectivity index is 2.10. The van der Waals surface area contributed by atoms with Crippen molar-refractivity contribution < 1.29 is 0 Å². The Labute approximate surface area is 107 Å². The molecule has 2 heteroatoms. The zero-order valence-corrected chi connectivity index (χ0v) is 10.7. The molecule has 18 heavy (non-hydrogen) atoms. The molecule has 0 spiro atoms. The molecule has 0 unspecified atom stereocenters. The number of benzene rings is 1. The highest BCUT2D eigenvalue weighted by Crippen LogP contribution is 2.25. The van der Waals surface area contributed by atoms with Gasteiger partial charge in [0, 0.05) is 17.3 Å². The van der Waals surface area contributed by atoms with Crippen LogP contribution in [0.3, 0.4) is 0 Å². The molecule has 0 amide bonds. The van der Waals surface area contributed by atoms with Crippen LogP contribution in [0.5, 0.6) is 0 Å². The number of pyridine rings is 1. The van der Waals surface area contributed by atoms with Crippen LogP contribution >= 0.6 is 0 Å². The quantitative estimate of drug-likeness (QED) is 0.713. The van der Waals surface area contributed by atoms with Gasteiger partial charge in [-0.1, -0.05) is 31.2 Å². The lowest BCUT2D eigenvalue weighted by molar-refractivity contribution is 1.14. The molecule has 1 N–H and O–H groups in total. The molecule has 2 heterocycles. The first-order valence-corrected chi connectivity index (χ1v) is 6.31. The lowest BCUT2D eigenvalue weighted by Crippen LogP contribution is -1.81. The van der Waals surface area contributed by atoms with E-state index < -0.39 is 0 Å². The van der Waals surface area contributed by atoms with Gasteiger partial charge in [-0.2, -0.15) is 0 Å². The van der Waals surface area contributed by atoms with Gasteiger partial charge in [-0.05, 0) is 42.2 Å². The summed E-state index contributed by atoms with van der Waals surface area (Å²) in [7, 11) is 0. The van der Waals surface area contributed by atoms with E-state index in [0.29, 0.717) is 0 Å². The van der Waals surface area contributed by atoms with E-state index in [1.165, 1.54) is 22.1 Å². The predicted octanol–water partition coefficient (Wildman–Crippen LogP) is 4.10. The maximum Gasteiger partial charge on any atom is 0.137 e. The average molecular weight is 236 g/mol. The van der Waals surface area contributed by atoms with Crippen LogP contribution in [0, 0.1) is 6.92 Å². The largest absolute Gasteiger partial charge is 0.339 e. The fourth-order valence-corrected chi connectivity index (χ4v) is 2.23. The minimum absolute atomic E-state index is 0.963. The molecule has 90 valence electrons. The number of H-pyrrole nitrogens is 1. The maximum absolute atomic E-state index is 4.37. The molecule has 0 saturated carbocycles. The molecule has 0 atom stereocenters. The molecule has 1 aromatic carbocycles. The highest BCUT2D eigenvalue weighted by atomic mass is 14.9. The number of aromatic nitrogens is 2. The second-order valence-corrected chi connectivity index (χ2v) is 4.62. The molecule has 0 bridgehead atoms. The monoisotopic (exact) mass is 236 g/mol. The predicted molar refractivity (Wildman–Crippen MR) is 75.6 cm³/mol. The maximum atomic E-state index is 4.37. The second-order valence-electron chi connectivity index (χ2n) is 4.62. The first kappa shape index (κ1) is 11.0. The van der Waals surface area contributed by atoms with E-state index in [2.05, 4.69) is 54.1 Å². The van der Waals surface area contributed by atoms with Gasteiger partial charge in [-0.15, -0.1) is 0 Å². The standard InChI is InChI=1S/C16H16N2/c1-3-12-4-6-13(7-5-12)15-10-14-11(2)8-9-17-16(14)18-15/h4-10H,3H2,1-2H3,(H,17,18). The second kappa shape index (κ2) is 4.30. The van der Waals surface area contributed by atoms with Gasteiger partial charge in [0.05, 0.1) is 0 Å². The average Bonchev–Trinajstić information content (AvgIpc) is 2.84. The van der Waals surface area contributed by atoms with Gasteiger partial charge in [0.25, 0.3) is 0 Å². The van der Waals surface area contributed by atoms with Crippen LogP contribution in [-0.4, -0.2) is 9.97 Å². The summed E-state index contributed by atoms with van der Waals surface area (Å²) >= 11 is 0. The fourth-order valence-electron chi connectivity index (χ4n) is 2.23.